The van der Waals surface area contributed by atoms with Crippen LogP contribution >= 0.6 is 92.8 Å². The van der Waals surface area contributed by atoms with E-state index in [0.29, 0.717) is 0 Å². The summed E-state index contributed by atoms with van der Waals surface area (Å²) < 4.78 is 29.2. The van der Waals surface area contributed by atoms with Crippen LogP contribution < -0.4 is 0 Å². The largest absolute Gasteiger partial charge is 0.0827 e. The monoisotopic (exact) mass is 432 g/mol. The fourth-order valence-corrected chi connectivity index (χ4v) is 2.15. The Morgan fingerprint density at radius 3 is 0.600 bits per heavy atom. The van der Waals surface area contributed by atoms with E-state index in [9.17, 15) is 0 Å². The SMILES string of the molecule is [2H]c1c(Cl)c(Cl)c([2H])c(Cl)c1Cl.[2H]c1c(Cl)c(Cl)c([2H])c(Cl)c1Cl. The summed E-state index contributed by atoms with van der Waals surface area (Å²) in [5, 5.41) is -0.362. The molecule has 0 spiro atoms. The van der Waals surface area contributed by atoms with Gasteiger partial charge >= 0.3 is 0 Å². The zero-order valence-electron chi connectivity index (χ0n) is 13.0. The first-order valence-electron chi connectivity index (χ1n) is 6.51. The Kier molecular flexibility index (Phi) is 5.56. The van der Waals surface area contributed by atoms with Crippen molar-refractivity contribution in [3.63, 3.8) is 0 Å². The number of rotatable bonds is 0. The molecule has 0 radical (unpaired) electrons. The van der Waals surface area contributed by atoms with Crippen LogP contribution in [0.1, 0.15) is 5.48 Å². The summed E-state index contributed by atoms with van der Waals surface area (Å²) in [5.41, 5.74) is 0. The van der Waals surface area contributed by atoms with Gasteiger partial charge < -0.3 is 0 Å². The molecule has 0 aliphatic rings. The van der Waals surface area contributed by atoms with Crippen LogP contribution in [0.5, 0.6) is 0 Å². The average Bonchev–Trinajstić information content (AvgIpc) is 2.58. The Bertz CT molecular complexity index is 531. The Hall–Kier alpha value is 0.760. The van der Waals surface area contributed by atoms with E-state index >= 15 is 0 Å². The van der Waals surface area contributed by atoms with Crippen LogP contribution in [0.25, 0.3) is 0 Å². The molecule has 8 heteroatoms. The van der Waals surface area contributed by atoms with Gasteiger partial charge in [-0.1, -0.05) is 92.8 Å². The van der Waals surface area contributed by atoms with Gasteiger partial charge in [-0.3, -0.25) is 0 Å². The molecule has 0 aromatic heterocycles. The lowest BCUT2D eigenvalue weighted by Crippen LogP contribution is -1.70. The molecule has 0 atom stereocenters. The van der Waals surface area contributed by atoms with E-state index in [1.54, 1.807) is 0 Å². The van der Waals surface area contributed by atoms with E-state index < -0.39 is 0 Å². The second kappa shape index (κ2) is 8.41. The first-order valence-corrected chi connectivity index (χ1v) is 7.54. The summed E-state index contributed by atoms with van der Waals surface area (Å²) in [6, 6.07) is -0.595. The van der Waals surface area contributed by atoms with Gasteiger partial charge in [0.15, 0.2) is 0 Å². The van der Waals surface area contributed by atoms with E-state index in [0.717, 1.165) is 0 Å². The second-order valence-corrected chi connectivity index (χ2v) is 6.04. The van der Waals surface area contributed by atoms with Gasteiger partial charge in [0.25, 0.3) is 0 Å². The normalized spacial score (nSPS) is 12.8. The first-order chi connectivity index (χ1) is 10.9. The molecule has 0 unspecified atom stereocenters. The van der Waals surface area contributed by atoms with Gasteiger partial charge in [0.2, 0.25) is 0 Å². The molecule has 0 aliphatic carbocycles. The number of hydrogen-bond donors (Lipinski definition) is 0. The van der Waals surface area contributed by atoms with Crippen molar-refractivity contribution >= 4 is 92.8 Å². The predicted octanol–water partition coefficient (Wildman–Crippen LogP) is 8.60. The summed E-state index contributed by atoms with van der Waals surface area (Å²) in [4.78, 5) is 0. The van der Waals surface area contributed by atoms with Gasteiger partial charge in [0.05, 0.1) is 45.7 Å². The molecule has 0 bridgehead atoms. The topological polar surface area (TPSA) is 0 Å². The Morgan fingerprint density at radius 1 is 0.400 bits per heavy atom. The highest BCUT2D eigenvalue weighted by Crippen LogP contribution is 2.32. The minimum Gasteiger partial charge on any atom is -0.0827 e. The lowest BCUT2D eigenvalue weighted by Gasteiger charge is -1.97. The van der Waals surface area contributed by atoms with Crippen molar-refractivity contribution < 1.29 is 5.48 Å². The van der Waals surface area contributed by atoms with Crippen LogP contribution in [0.2, 0.25) is 40.2 Å². The molecule has 2 aromatic rings. The van der Waals surface area contributed by atoms with Crippen molar-refractivity contribution in [1.29, 1.82) is 0 Å². The molecular weight excluding hydrogens is 428 g/mol. The number of halogens is 8. The molecule has 0 amide bonds. The quantitative estimate of drug-likeness (QED) is 0.363. The molecule has 2 rings (SSSR count). The highest BCUT2D eigenvalue weighted by atomic mass is 35.5. The lowest BCUT2D eigenvalue weighted by molar-refractivity contribution is 1.70. The second-order valence-electron chi connectivity index (χ2n) is 3.01. The molecule has 0 nitrogen and oxygen atoms in total. The Labute approximate surface area is 162 Å². The third-order valence-electron chi connectivity index (χ3n) is 1.65. The smallest absolute Gasteiger partial charge is 0.0655 e. The summed E-state index contributed by atoms with van der Waals surface area (Å²) >= 11 is 44.6. The van der Waals surface area contributed by atoms with Crippen LogP contribution in [-0.2, 0) is 0 Å². The van der Waals surface area contributed by atoms with E-state index in [-0.39, 0.29) is 64.4 Å². The minimum atomic E-state index is -0.149. The summed E-state index contributed by atoms with van der Waals surface area (Å²) in [5.74, 6) is 0. The zero-order valence-corrected chi connectivity index (χ0v) is 15.1. The predicted molar refractivity (Wildman–Crippen MR) is 93.0 cm³/mol. The minimum absolute atomic E-state index is 0.0453. The first kappa shape index (κ1) is 13.2. The van der Waals surface area contributed by atoms with Gasteiger partial charge in [-0.05, 0) is 24.2 Å². The van der Waals surface area contributed by atoms with Crippen LogP contribution in [-0.4, -0.2) is 0 Å². The van der Waals surface area contributed by atoms with Gasteiger partial charge in [-0.2, -0.15) is 0 Å². The Balaban J connectivity index is 0.000000240. The summed E-state index contributed by atoms with van der Waals surface area (Å²) in [7, 11) is 0. The molecule has 108 valence electrons. The van der Waals surface area contributed by atoms with Crippen molar-refractivity contribution in [2.24, 2.45) is 0 Å². The van der Waals surface area contributed by atoms with Crippen molar-refractivity contribution in [1.82, 2.24) is 0 Å². The van der Waals surface area contributed by atoms with Crippen molar-refractivity contribution in [2.75, 3.05) is 0 Å². The molecule has 0 saturated heterocycles. The van der Waals surface area contributed by atoms with Crippen LogP contribution in [0, 0.1) is 0 Å². The number of hydrogen-bond acceptors (Lipinski definition) is 0. The van der Waals surface area contributed by atoms with Gasteiger partial charge in [-0.25, -0.2) is 0 Å². The van der Waals surface area contributed by atoms with E-state index in [1.165, 1.54) is 0 Å². The maximum absolute atomic E-state index is 7.31. The summed E-state index contributed by atoms with van der Waals surface area (Å²) in [6.45, 7) is 0. The Morgan fingerprint density at radius 2 is 0.500 bits per heavy atom. The third kappa shape index (κ3) is 5.51. The van der Waals surface area contributed by atoms with E-state index in [1.807, 2.05) is 0 Å². The molecule has 2 aromatic carbocycles. The standard InChI is InChI=1S/2C6H2Cl4/c2*7-3-1-4(8)6(10)2-5(3)9/h2*1-2H/i2*1D,2D. The lowest BCUT2D eigenvalue weighted by atomic mass is 10.4. The molecular formula is C12H4Cl8. The van der Waals surface area contributed by atoms with Gasteiger partial charge in [0, 0.05) is 0 Å². The van der Waals surface area contributed by atoms with Gasteiger partial charge in [-0.15, -0.1) is 0 Å². The molecule has 0 N–H and O–H groups in total. The fraction of sp³-hybridized carbons (Fsp3) is 0. The van der Waals surface area contributed by atoms with E-state index in [4.69, 9.17) is 98.3 Å². The molecule has 20 heavy (non-hydrogen) atoms. The average molecular weight is 436 g/mol. The maximum Gasteiger partial charge on any atom is 0.0655 e. The van der Waals surface area contributed by atoms with Crippen LogP contribution in [0.15, 0.2) is 24.2 Å². The molecule has 0 heterocycles. The van der Waals surface area contributed by atoms with E-state index in [2.05, 4.69) is 0 Å². The zero-order chi connectivity index (χ0) is 18.9. The molecule has 0 saturated carbocycles. The highest BCUT2D eigenvalue weighted by molar-refractivity contribution is 6.47. The van der Waals surface area contributed by atoms with Gasteiger partial charge in [0.1, 0.15) is 0 Å². The number of benzene rings is 2. The maximum atomic E-state index is 7.31. The van der Waals surface area contributed by atoms with Crippen molar-refractivity contribution in [2.45, 2.75) is 0 Å². The van der Waals surface area contributed by atoms with Crippen LogP contribution in [0.4, 0.5) is 0 Å². The molecule has 0 aliphatic heterocycles. The fourth-order valence-electron chi connectivity index (χ4n) is 0.824. The van der Waals surface area contributed by atoms with Crippen molar-refractivity contribution in [3.8, 4) is 0 Å². The molecule has 0 fully saturated rings. The van der Waals surface area contributed by atoms with Crippen LogP contribution in [0.3, 0.4) is 0 Å². The third-order valence-corrected chi connectivity index (χ3v) is 4.30. The summed E-state index contributed by atoms with van der Waals surface area (Å²) in [6.07, 6.45) is 0. The highest BCUT2D eigenvalue weighted by Gasteiger charge is 2.03. The van der Waals surface area contributed by atoms with Crippen molar-refractivity contribution in [3.05, 3.63) is 64.4 Å².